The number of rotatable bonds is 6. The van der Waals surface area contributed by atoms with Gasteiger partial charge in [0.2, 0.25) is 5.91 Å². The highest BCUT2D eigenvalue weighted by Gasteiger charge is 2.51. The van der Waals surface area contributed by atoms with Gasteiger partial charge in [-0.25, -0.2) is 14.0 Å². The second-order valence-corrected chi connectivity index (χ2v) is 5.63. The second kappa shape index (κ2) is 7.77. The molecule has 1 fully saturated rings. The molecule has 26 heavy (non-hydrogen) atoms. The van der Waals surface area contributed by atoms with Crippen LogP contribution in [0.25, 0.3) is 0 Å². The molecule has 0 bridgehead atoms. The van der Waals surface area contributed by atoms with Gasteiger partial charge in [0.15, 0.2) is 0 Å². The Morgan fingerprint density at radius 1 is 1.31 bits per heavy atom. The number of benzene rings is 1. The van der Waals surface area contributed by atoms with Crippen LogP contribution >= 0.6 is 0 Å². The highest BCUT2D eigenvalue weighted by Crippen LogP contribution is 2.32. The number of nitrogens with zero attached hydrogens (tertiary/aromatic N) is 1. The lowest BCUT2D eigenvalue weighted by Gasteiger charge is -2.25. The van der Waals surface area contributed by atoms with Crippen LogP contribution in [0.3, 0.4) is 0 Å². The molecule has 1 heterocycles. The van der Waals surface area contributed by atoms with Crippen molar-refractivity contribution >= 4 is 23.9 Å². The van der Waals surface area contributed by atoms with E-state index >= 15 is 0 Å². The van der Waals surface area contributed by atoms with Gasteiger partial charge in [-0.3, -0.25) is 19.8 Å². The monoisotopic (exact) mass is 362 g/mol. The molecule has 1 aromatic rings. The summed E-state index contributed by atoms with van der Waals surface area (Å²) in [6.07, 6.45) is 1.64. The summed E-state index contributed by atoms with van der Waals surface area (Å²) in [4.78, 5) is 49.1. The number of urea groups is 2. The molecule has 2 rings (SSSR count). The average molecular weight is 362 g/mol. The van der Waals surface area contributed by atoms with Crippen LogP contribution in [0.4, 0.5) is 14.0 Å². The molecule has 3 N–H and O–H groups in total. The predicted octanol–water partition coefficient (Wildman–Crippen LogP) is 0.995. The summed E-state index contributed by atoms with van der Waals surface area (Å²) in [5, 5.41) is 6.92. The zero-order valence-electron chi connectivity index (χ0n) is 14.2. The normalized spacial score (nSPS) is 19.1. The number of halogens is 1. The molecule has 1 aliphatic heterocycles. The van der Waals surface area contributed by atoms with Gasteiger partial charge in [0, 0.05) is 6.54 Å². The van der Waals surface area contributed by atoms with Crippen molar-refractivity contribution in [3.05, 3.63) is 48.3 Å². The minimum Gasteiger partial charge on any atom is -0.334 e. The van der Waals surface area contributed by atoms with Crippen molar-refractivity contribution in [2.24, 2.45) is 0 Å². The van der Waals surface area contributed by atoms with Gasteiger partial charge >= 0.3 is 12.1 Å². The summed E-state index contributed by atoms with van der Waals surface area (Å²) in [6.45, 7) is 4.65. The maximum Gasteiger partial charge on any atom is 0.325 e. The zero-order valence-corrected chi connectivity index (χ0v) is 14.2. The minimum absolute atomic E-state index is 0.158. The first kappa shape index (κ1) is 19.1. The van der Waals surface area contributed by atoms with Crippen molar-refractivity contribution in [1.29, 1.82) is 0 Å². The first-order valence-corrected chi connectivity index (χ1v) is 7.92. The number of carbonyl (C=O) groups is 4. The van der Waals surface area contributed by atoms with Gasteiger partial charge in [-0.05, 0) is 24.1 Å². The summed E-state index contributed by atoms with van der Waals surface area (Å²) in [5.74, 6) is -1.93. The van der Waals surface area contributed by atoms with E-state index in [0.717, 1.165) is 4.90 Å². The highest BCUT2D eigenvalue weighted by molar-refractivity contribution is 6.10. The standard InChI is InChI=1S/C17H19FN4O4/c1-3-9-19-15(25)20-13(23)10-22-14(24)17(4-2,21-16(22)26)11-5-7-12(18)8-6-11/h3,5-8H,1,4,9-10H2,2H3,(H,21,26)(H2,19,20,23,25)/t17-/m1/s1. The Kier molecular flexibility index (Phi) is 5.71. The van der Waals surface area contributed by atoms with Crippen molar-refractivity contribution in [2.75, 3.05) is 13.1 Å². The summed E-state index contributed by atoms with van der Waals surface area (Å²) >= 11 is 0. The molecule has 8 nitrogen and oxygen atoms in total. The van der Waals surface area contributed by atoms with Gasteiger partial charge in [0.25, 0.3) is 5.91 Å². The van der Waals surface area contributed by atoms with E-state index < -0.39 is 41.8 Å². The Morgan fingerprint density at radius 3 is 2.54 bits per heavy atom. The quantitative estimate of drug-likeness (QED) is 0.518. The summed E-state index contributed by atoms with van der Waals surface area (Å²) in [5.41, 5.74) is -0.970. The SMILES string of the molecule is C=CCNC(=O)NC(=O)CN1C(=O)N[C@](CC)(c2ccc(F)cc2)C1=O. The van der Waals surface area contributed by atoms with Crippen molar-refractivity contribution in [1.82, 2.24) is 20.9 Å². The van der Waals surface area contributed by atoms with E-state index in [1.165, 1.54) is 30.3 Å². The molecule has 0 saturated carbocycles. The molecular formula is C17H19FN4O4. The molecular weight excluding hydrogens is 343 g/mol. The molecule has 1 atom stereocenters. The highest BCUT2D eigenvalue weighted by atomic mass is 19.1. The minimum atomic E-state index is -1.38. The third kappa shape index (κ3) is 3.71. The fraction of sp³-hybridized carbons (Fsp3) is 0.294. The molecule has 0 unspecified atom stereocenters. The van der Waals surface area contributed by atoms with E-state index in [0.29, 0.717) is 5.56 Å². The smallest absolute Gasteiger partial charge is 0.325 e. The summed E-state index contributed by atoms with van der Waals surface area (Å²) in [7, 11) is 0. The number of hydrogen-bond acceptors (Lipinski definition) is 4. The molecule has 9 heteroatoms. The molecule has 138 valence electrons. The molecule has 6 amide bonds. The van der Waals surface area contributed by atoms with E-state index in [-0.39, 0.29) is 13.0 Å². The van der Waals surface area contributed by atoms with Crippen LogP contribution in [0.2, 0.25) is 0 Å². The largest absolute Gasteiger partial charge is 0.334 e. The van der Waals surface area contributed by atoms with E-state index in [1.54, 1.807) is 6.92 Å². The van der Waals surface area contributed by atoms with Crippen molar-refractivity contribution in [2.45, 2.75) is 18.9 Å². The van der Waals surface area contributed by atoms with Crippen molar-refractivity contribution in [3.63, 3.8) is 0 Å². The van der Waals surface area contributed by atoms with Crippen molar-refractivity contribution in [3.8, 4) is 0 Å². The molecule has 0 radical (unpaired) electrons. The Hall–Kier alpha value is -3.23. The molecule has 0 spiro atoms. The van der Waals surface area contributed by atoms with E-state index in [4.69, 9.17) is 0 Å². The molecule has 0 aromatic heterocycles. The topological polar surface area (TPSA) is 108 Å². The molecule has 1 aromatic carbocycles. The Balaban J connectivity index is 2.14. The summed E-state index contributed by atoms with van der Waals surface area (Å²) in [6, 6.07) is 3.66. The third-order valence-corrected chi connectivity index (χ3v) is 4.00. The summed E-state index contributed by atoms with van der Waals surface area (Å²) < 4.78 is 13.2. The van der Waals surface area contributed by atoms with Gasteiger partial charge in [-0.1, -0.05) is 25.1 Å². The van der Waals surface area contributed by atoms with Crippen molar-refractivity contribution < 1.29 is 23.6 Å². The lowest BCUT2D eigenvalue weighted by molar-refractivity contribution is -0.135. The molecule has 1 aliphatic rings. The first-order valence-electron chi connectivity index (χ1n) is 7.92. The fourth-order valence-corrected chi connectivity index (χ4v) is 2.66. The van der Waals surface area contributed by atoms with E-state index in [9.17, 15) is 23.6 Å². The van der Waals surface area contributed by atoms with Crippen LogP contribution in [0.1, 0.15) is 18.9 Å². The number of hydrogen-bond donors (Lipinski definition) is 3. The van der Waals surface area contributed by atoms with Crippen LogP contribution < -0.4 is 16.0 Å². The van der Waals surface area contributed by atoms with Crippen LogP contribution in [0.15, 0.2) is 36.9 Å². The second-order valence-electron chi connectivity index (χ2n) is 5.63. The van der Waals surface area contributed by atoms with Gasteiger partial charge < -0.3 is 10.6 Å². The average Bonchev–Trinajstić information content (AvgIpc) is 2.85. The predicted molar refractivity (Wildman–Crippen MR) is 90.4 cm³/mol. The molecule has 0 aliphatic carbocycles. The number of nitrogens with one attached hydrogen (secondary N) is 3. The first-order chi connectivity index (χ1) is 12.3. The lowest BCUT2D eigenvalue weighted by atomic mass is 9.87. The van der Waals surface area contributed by atoms with Crippen LogP contribution in [-0.4, -0.2) is 41.9 Å². The van der Waals surface area contributed by atoms with E-state index in [2.05, 4.69) is 17.2 Å². The number of amides is 6. The van der Waals surface area contributed by atoms with Gasteiger partial charge in [0.1, 0.15) is 17.9 Å². The van der Waals surface area contributed by atoms with Gasteiger partial charge in [-0.15, -0.1) is 6.58 Å². The van der Waals surface area contributed by atoms with Crippen LogP contribution in [0, 0.1) is 5.82 Å². The Labute approximate surface area is 149 Å². The zero-order chi connectivity index (χ0) is 19.3. The maximum absolute atomic E-state index is 13.2. The maximum atomic E-state index is 13.2. The Bertz CT molecular complexity index is 750. The van der Waals surface area contributed by atoms with Gasteiger partial charge in [0.05, 0.1) is 0 Å². The van der Waals surface area contributed by atoms with E-state index in [1.807, 2.05) is 5.32 Å². The van der Waals surface area contributed by atoms with Crippen LogP contribution in [-0.2, 0) is 15.1 Å². The number of imide groups is 2. The third-order valence-electron chi connectivity index (χ3n) is 4.00. The number of carbonyl (C=O) groups excluding carboxylic acids is 4. The fourth-order valence-electron chi connectivity index (χ4n) is 2.66. The van der Waals surface area contributed by atoms with Gasteiger partial charge in [-0.2, -0.15) is 0 Å². The molecule has 1 saturated heterocycles. The Morgan fingerprint density at radius 2 is 1.96 bits per heavy atom. The lowest BCUT2D eigenvalue weighted by Crippen LogP contribution is -2.47. The van der Waals surface area contributed by atoms with Crippen LogP contribution in [0.5, 0.6) is 0 Å².